The summed E-state index contributed by atoms with van der Waals surface area (Å²) in [6.07, 6.45) is -7.53. The van der Waals surface area contributed by atoms with Crippen LogP contribution >= 0.6 is 0 Å². The second kappa shape index (κ2) is 4.23. The van der Waals surface area contributed by atoms with Crippen LogP contribution in [0.4, 0.5) is 22.0 Å². The van der Waals surface area contributed by atoms with E-state index in [1.165, 1.54) is 7.05 Å². The Morgan fingerprint density at radius 1 is 1.20 bits per heavy atom. The predicted octanol–water partition coefficient (Wildman–Crippen LogP) is 2.96. The van der Waals surface area contributed by atoms with Crippen LogP contribution in [0.2, 0.25) is 0 Å². The molecule has 1 aliphatic carbocycles. The zero-order valence-corrected chi connectivity index (χ0v) is 8.37. The molecule has 1 aliphatic rings. The molecule has 0 aromatic heterocycles. The summed E-state index contributed by atoms with van der Waals surface area (Å²) < 4.78 is 62.2. The van der Waals surface area contributed by atoms with Crippen molar-refractivity contribution in [2.45, 2.75) is 43.8 Å². The highest BCUT2D eigenvalue weighted by Crippen LogP contribution is 2.42. The van der Waals surface area contributed by atoms with Crippen LogP contribution in [0.15, 0.2) is 0 Å². The molecule has 0 spiro atoms. The quantitative estimate of drug-likeness (QED) is 0.720. The van der Waals surface area contributed by atoms with Crippen molar-refractivity contribution in [1.29, 1.82) is 0 Å². The number of nitrogens with one attached hydrogen (secondary N) is 1. The third kappa shape index (κ3) is 2.59. The molecular weight excluding hydrogens is 217 g/mol. The number of rotatable bonds is 2. The van der Waals surface area contributed by atoms with Gasteiger partial charge in [0.2, 0.25) is 0 Å². The van der Waals surface area contributed by atoms with Crippen LogP contribution in [0, 0.1) is 5.92 Å². The smallest absolute Gasteiger partial charge is 0.309 e. The largest absolute Gasteiger partial charge is 0.391 e. The van der Waals surface area contributed by atoms with Crippen molar-refractivity contribution in [1.82, 2.24) is 5.32 Å². The van der Waals surface area contributed by atoms with Gasteiger partial charge in [-0.3, -0.25) is 0 Å². The van der Waals surface area contributed by atoms with Crippen LogP contribution in [0.5, 0.6) is 0 Å². The van der Waals surface area contributed by atoms with Crippen LogP contribution in [0.3, 0.4) is 0 Å². The van der Waals surface area contributed by atoms with Crippen molar-refractivity contribution in [3.63, 3.8) is 0 Å². The van der Waals surface area contributed by atoms with E-state index < -0.39 is 24.1 Å². The third-order valence-corrected chi connectivity index (χ3v) is 3.26. The monoisotopic (exact) mass is 231 g/mol. The first-order valence-corrected chi connectivity index (χ1v) is 4.85. The molecule has 6 heteroatoms. The normalized spacial score (nSPS) is 33.4. The third-order valence-electron chi connectivity index (χ3n) is 3.26. The van der Waals surface area contributed by atoms with Crippen LogP contribution in [-0.4, -0.2) is 25.2 Å². The molecule has 0 amide bonds. The fourth-order valence-corrected chi connectivity index (χ4v) is 2.04. The van der Waals surface area contributed by atoms with E-state index in [0.717, 1.165) is 0 Å². The first-order chi connectivity index (χ1) is 6.82. The maximum absolute atomic E-state index is 12.7. The molecule has 0 saturated heterocycles. The maximum atomic E-state index is 12.7. The highest BCUT2D eigenvalue weighted by atomic mass is 19.4. The van der Waals surface area contributed by atoms with Crippen molar-refractivity contribution in [3.05, 3.63) is 0 Å². The highest BCUT2D eigenvalue weighted by molar-refractivity contribution is 4.95. The Labute approximate surface area is 85.0 Å². The minimum absolute atomic E-state index is 0.120. The molecule has 1 fully saturated rings. The zero-order chi connectivity index (χ0) is 11.7. The van der Waals surface area contributed by atoms with E-state index in [0.29, 0.717) is 0 Å². The van der Waals surface area contributed by atoms with E-state index in [4.69, 9.17) is 0 Å². The van der Waals surface area contributed by atoms with Crippen molar-refractivity contribution in [3.8, 4) is 0 Å². The summed E-state index contributed by atoms with van der Waals surface area (Å²) in [6, 6.07) is 0. The Kier molecular flexibility index (Phi) is 3.58. The summed E-state index contributed by atoms with van der Waals surface area (Å²) in [5, 5.41) is 2.47. The van der Waals surface area contributed by atoms with Gasteiger partial charge in [0.05, 0.1) is 11.5 Å². The molecule has 0 radical (unpaired) electrons. The minimum atomic E-state index is -4.25. The number of alkyl halides is 5. The molecular formula is C9H14F5N. The molecule has 15 heavy (non-hydrogen) atoms. The molecule has 0 bridgehead atoms. The second-order valence-electron chi connectivity index (χ2n) is 4.02. The number of hydrogen-bond donors (Lipinski definition) is 1. The zero-order valence-electron chi connectivity index (χ0n) is 8.37. The van der Waals surface area contributed by atoms with E-state index in [1.807, 2.05) is 0 Å². The molecule has 0 atom stereocenters. The van der Waals surface area contributed by atoms with Crippen molar-refractivity contribution in [2.75, 3.05) is 7.05 Å². The Bertz CT molecular complexity index is 205. The molecule has 1 rings (SSSR count). The van der Waals surface area contributed by atoms with Crippen molar-refractivity contribution >= 4 is 0 Å². The van der Waals surface area contributed by atoms with Gasteiger partial charge in [-0.1, -0.05) is 0 Å². The van der Waals surface area contributed by atoms with Gasteiger partial charge in [0.1, 0.15) is 0 Å². The van der Waals surface area contributed by atoms with Gasteiger partial charge in [-0.15, -0.1) is 0 Å². The summed E-state index contributed by atoms with van der Waals surface area (Å²) in [5.41, 5.74) is -1.41. The van der Waals surface area contributed by atoms with Crippen LogP contribution in [-0.2, 0) is 0 Å². The molecule has 1 N–H and O–H groups in total. The van der Waals surface area contributed by atoms with Crippen LogP contribution < -0.4 is 5.32 Å². The van der Waals surface area contributed by atoms with Gasteiger partial charge in [-0.2, -0.15) is 13.2 Å². The summed E-state index contributed by atoms with van der Waals surface area (Å²) >= 11 is 0. The molecule has 0 unspecified atom stereocenters. The van der Waals surface area contributed by atoms with Gasteiger partial charge in [-0.25, -0.2) is 8.78 Å². The SMILES string of the molecule is CNC1(C(F)F)CCC(C(F)(F)F)CC1. The van der Waals surface area contributed by atoms with Gasteiger partial charge in [0, 0.05) is 0 Å². The fraction of sp³-hybridized carbons (Fsp3) is 1.00. The molecule has 0 aliphatic heterocycles. The lowest BCUT2D eigenvalue weighted by atomic mass is 9.76. The van der Waals surface area contributed by atoms with E-state index in [2.05, 4.69) is 5.32 Å². The Morgan fingerprint density at radius 3 is 1.93 bits per heavy atom. The first kappa shape index (κ1) is 12.7. The van der Waals surface area contributed by atoms with Crippen LogP contribution in [0.25, 0.3) is 0 Å². The lowest BCUT2D eigenvalue weighted by molar-refractivity contribution is -0.188. The standard InChI is InChI=1S/C9H14F5N/c1-15-8(7(10)11)4-2-6(3-5-8)9(12,13)14/h6-7,15H,2-5H2,1H3. The van der Waals surface area contributed by atoms with E-state index in [-0.39, 0.29) is 25.7 Å². The van der Waals surface area contributed by atoms with Gasteiger partial charge >= 0.3 is 6.18 Å². The average Bonchev–Trinajstić information content (AvgIpc) is 2.16. The molecule has 1 nitrogen and oxygen atoms in total. The molecule has 90 valence electrons. The Hall–Kier alpha value is -0.390. The first-order valence-electron chi connectivity index (χ1n) is 4.85. The summed E-state index contributed by atoms with van der Waals surface area (Å²) in [7, 11) is 1.38. The van der Waals surface area contributed by atoms with Crippen molar-refractivity contribution < 1.29 is 22.0 Å². The van der Waals surface area contributed by atoms with E-state index in [9.17, 15) is 22.0 Å². The minimum Gasteiger partial charge on any atom is -0.309 e. The van der Waals surface area contributed by atoms with Crippen LogP contribution in [0.1, 0.15) is 25.7 Å². The lowest BCUT2D eigenvalue weighted by Crippen LogP contribution is -2.52. The van der Waals surface area contributed by atoms with E-state index >= 15 is 0 Å². The lowest BCUT2D eigenvalue weighted by Gasteiger charge is -2.39. The van der Waals surface area contributed by atoms with Gasteiger partial charge in [0.15, 0.2) is 0 Å². The number of hydrogen-bond acceptors (Lipinski definition) is 1. The van der Waals surface area contributed by atoms with Gasteiger partial charge in [0.25, 0.3) is 6.43 Å². The maximum Gasteiger partial charge on any atom is 0.391 e. The predicted molar refractivity (Wildman–Crippen MR) is 45.8 cm³/mol. The molecule has 0 aromatic carbocycles. The number of halogens is 5. The Morgan fingerprint density at radius 2 is 1.67 bits per heavy atom. The average molecular weight is 231 g/mol. The van der Waals surface area contributed by atoms with Gasteiger partial charge < -0.3 is 5.32 Å². The topological polar surface area (TPSA) is 12.0 Å². The molecule has 0 heterocycles. The fourth-order valence-electron chi connectivity index (χ4n) is 2.04. The highest BCUT2D eigenvalue weighted by Gasteiger charge is 2.48. The Balaban J connectivity index is 2.61. The van der Waals surface area contributed by atoms with E-state index in [1.54, 1.807) is 0 Å². The second-order valence-corrected chi connectivity index (χ2v) is 4.02. The van der Waals surface area contributed by atoms with Crippen molar-refractivity contribution in [2.24, 2.45) is 5.92 Å². The summed E-state index contributed by atoms with van der Waals surface area (Å²) in [6.45, 7) is 0. The van der Waals surface area contributed by atoms with Gasteiger partial charge in [-0.05, 0) is 32.7 Å². The molecule has 0 aromatic rings. The summed E-state index contributed by atoms with van der Waals surface area (Å²) in [5.74, 6) is -1.42. The summed E-state index contributed by atoms with van der Waals surface area (Å²) in [4.78, 5) is 0. The molecule has 1 saturated carbocycles.